The van der Waals surface area contributed by atoms with Crippen molar-refractivity contribution in [1.82, 2.24) is 5.32 Å². The lowest BCUT2D eigenvalue weighted by Gasteiger charge is -2.43. The van der Waals surface area contributed by atoms with E-state index in [1.165, 1.54) is 0 Å². The Labute approximate surface area is 88.4 Å². The van der Waals surface area contributed by atoms with Gasteiger partial charge in [-0.05, 0) is 54.4 Å². The molecule has 1 N–H and O–H groups in total. The highest BCUT2D eigenvalue weighted by Gasteiger charge is 2.33. The Bertz CT molecular complexity index is 178. The predicted molar refractivity (Wildman–Crippen MR) is 60.5 cm³/mol. The molecule has 0 amide bonds. The molecule has 1 fully saturated rings. The Hall–Kier alpha value is -0.0800. The summed E-state index contributed by atoms with van der Waals surface area (Å²) in [6, 6.07) is 0. The van der Waals surface area contributed by atoms with Crippen LogP contribution in [-0.2, 0) is 4.74 Å². The van der Waals surface area contributed by atoms with Crippen molar-refractivity contribution in [2.24, 2.45) is 0 Å². The van der Waals surface area contributed by atoms with Crippen LogP contribution in [0.5, 0.6) is 0 Å². The molecule has 1 aliphatic heterocycles. The minimum atomic E-state index is 0.170. The Morgan fingerprint density at radius 2 is 1.29 bits per heavy atom. The summed E-state index contributed by atoms with van der Waals surface area (Å²) in [5.74, 6) is 0. The molecule has 1 aliphatic rings. The molecule has 84 valence electrons. The van der Waals surface area contributed by atoms with Gasteiger partial charge in [0.25, 0.3) is 0 Å². The molecule has 1 saturated heterocycles. The lowest BCUT2D eigenvalue weighted by molar-refractivity contribution is -0.0434. The maximum atomic E-state index is 5.92. The fourth-order valence-corrected chi connectivity index (χ4v) is 2.95. The molecular weight excluding hydrogens is 174 g/mol. The third-order valence-electron chi connectivity index (χ3n) is 2.74. The van der Waals surface area contributed by atoms with Crippen LogP contribution >= 0.6 is 0 Å². The van der Waals surface area contributed by atoms with E-state index in [1.807, 2.05) is 0 Å². The third-order valence-corrected chi connectivity index (χ3v) is 2.74. The zero-order chi connectivity index (χ0) is 11.0. The number of ether oxygens (including phenoxy) is 1. The lowest BCUT2D eigenvalue weighted by Crippen LogP contribution is -2.56. The largest absolute Gasteiger partial charge is 0.375 e. The fraction of sp³-hybridized carbons (Fsp3) is 1.00. The summed E-state index contributed by atoms with van der Waals surface area (Å²) >= 11 is 0. The summed E-state index contributed by atoms with van der Waals surface area (Å²) in [5.41, 5.74) is 0.339. The van der Waals surface area contributed by atoms with E-state index < -0.39 is 0 Å². The fourth-order valence-electron chi connectivity index (χ4n) is 2.95. The topological polar surface area (TPSA) is 21.3 Å². The van der Waals surface area contributed by atoms with Crippen molar-refractivity contribution in [3.8, 4) is 0 Å². The molecule has 0 bridgehead atoms. The van der Waals surface area contributed by atoms with Crippen molar-refractivity contribution in [3.05, 3.63) is 0 Å². The highest BCUT2D eigenvalue weighted by molar-refractivity contribution is 4.92. The maximum absolute atomic E-state index is 5.92. The van der Waals surface area contributed by atoms with Gasteiger partial charge in [0.05, 0.1) is 12.2 Å². The second-order valence-electron chi connectivity index (χ2n) is 6.06. The van der Waals surface area contributed by atoms with Crippen molar-refractivity contribution >= 4 is 0 Å². The van der Waals surface area contributed by atoms with E-state index in [9.17, 15) is 0 Å². The lowest BCUT2D eigenvalue weighted by atomic mass is 9.88. The second-order valence-corrected chi connectivity index (χ2v) is 6.06. The van der Waals surface area contributed by atoms with E-state index in [0.717, 1.165) is 12.8 Å². The molecule has 0 saturated carbocycles. The average molecular weight is 199 g/mol. The maximum Gasteiger partial charge on any atom is 0.0568 e. The summed E-state index contributed by atoms with van der Waals surface area (Å²) in [5, 5.41) is 3.72. The van der Waals surface area contributed by atoms with Crippen molar-refractivity contribution in [2.75, 3.05) is 0 Å². The van der Waals surface area contributed by atoms with Crippen LogP contribution in [0.1, 0.15) is 54.4 Å². The van der Waals surface area contributed by atoms with Gasteiger partial charge in [-0.15, -0.1) is 0 Å². The van der Waals surface area contributed by atoms with Gasteiger partial charge in [-0.2, -0.15) is 0 Å². The van der Waals surface area contributed by atoms with Crippen molar-refractivity contribution in [2.45, 2.75) is 77.7 Å². The third kappa shape index (κ3) is 3.58. The monoisotopic (exact) mass is 199 g/mol. The smallest absolute Gasteiger partial charge is 0.0568 e. The first-order chi connectivity index (χ1) is 6.20. The summed E-state index contributed by atoms with van der Waals surface area (Å²) < 4.78 is 5.92. The molecular formula is C12H25NO. The SMILES string of the molecule is CC1CC(C)(C)NC(C)(C)CC(C)O1. The molecule has 14 heavy (non-hydrogen) atoms. The van der Waals surface area contributed by atoms with Gasteiger partial charge in [0.1, 0.15) is 0 Å². The van der Waals surface area contributed by atoms with E-state index in [0.29, 0.717) is 12.2 Å². The predicted octanol–water partition coefficient (Wildman–Crippen LogP) is 2.72. The molecule has 2 atom stereocenters. The van der Waals surface area contributed by atoms with Crippen LogP contribution < -0.4 is 5.32 Å². The second kappa shape index (κ2) is 3.82. The van der Waals surface area contributed by atoms with Crippen LogP contribution in [-0.4, -0.2) is 23.3 Å². The van der Waals surface area contributed by atoms with Gasteiger partial charge < -0.3 is 10.1 Å². The van der Waals surface area contributed by atoms with Gasteiger partial charge in [-0.25, -0.2) is 0 Å². The molecule has 2 nitrogen and oxygen atoms in total. The summed E-state index contributed by atoms with van der Waals surface area (Å²) in [6.45, 7) is 13.3. The van der Waals surface area contributed by atoms with Crippen molar-refractivity contribution in [3.63, 3.8) is 0 Å². The quantitative estimate of drug-likeness (QED) is 0.647. The van der Waals surface area contributed by atoms with Crippen molar-refractivity contribution < 1.29 is 4.74 Å². The Kier molecular flexibility index (Phi) is 3.27. The van der Waals surface area contributed by atoms with Crippen LogP contribution in [0.2, 0.25) is 0 Å². The highest BCUT2D eigenvalue weighted by atomic mass is 16.5. The molecule has 0 spiro atoms. The van der Waals surface area contributed by atoms with Gasteiger partial charge >= 0.3 is 0 Å². The highest BCUT2D eigenvalue weighted by Crippen LogP contribution is 2.26. The molecule has 0 aromatic carbocycles. The first-order valence-corrected chi connectivity index (χ1v) is 5.65. The van der Waals surface area contributed by atoms with Crippen LogP contribution in [0.25, 0.3) is 0 Å². The minimum absolute atomic E-state index is 0.170. The van der Waals surface area contributed by atoms with Crippen LogP contribution in [0, 0.1) is 0 Å². The van der Waals surface area contributed by atoms with Gasteiger partial charge in [-0.3, -0.25) is 0 Å². The van der Waals surface area contributed by atoms with Gasteiger partial charge in [0.15, 0.2) is 0 Å². The van der Waals surface area contributed by atoms with Crippen LogP contribution in [0.4, 0.5) is 0 Å². The molecule has 0 aromatic rings. The molecule has 1 heterocycles. The van der Waals surface area contributed by atoms with Gasteiger partial charge in [0.2, 0.25) is 0 Å². The molecule has 2 unspecified atom stereocenters. The Balaban J connectivity index is 2.73. The average Bonchev–Trinajstić information content (AvgIpc) is 1.74. The van der Waals surface area contributed by atoms with Crippen molar-refractivity contribution in [1.29, 1.82) is 0 Å². The summed E-state index contributed by atoms with van der Waals surface area (Å²) in [7, 11) is 0. The zero-order valence-corrected chi connectivity index (χ0v) is 10.5. The normalized spacial score (nSPS) is 37.3. The summed E-state index contributed by atoms with van der Waals surface area (Å²) in [4.78, 5) is 0. The zero-order valence-electron chi connectivity index (χ0n) is 10.5. The number of hydrogen-bond acceptors (Lipinski definition) is 2. The Morgan fingerprint density at radius 3 is 1.64 bits per heavy atom. The molecule has 1 rings (SSSR count). The van der Waals surface area contributed by atoms with Crippen LogP contribution in [0.3, 0.4) is 0 Å². The van der Waals surface area contributed by atoms with E-state index in [1.54, 1.807) is 0 Å². The molecule has 2 heteroatoms. The van der Waals surface area contributed by atoms with E-state index in [-0.39, 0.29) is 11.1 Å². The van der Waals surface area contributed by atoms with E-state index in [2.05, 4.69) is 46.9 Å². The van der Waals surface area contributed by atoms with Gasteiger partial charge in [-0.1, -0.05) is 0 Å². The first-order valence-electron chi connectivity index (χ1n) is 5.65. The first kappa shape index (κ1) is 12.0. The number of hydrogen-bond donors (Lipinski definition) is 1. The summed E-state index contributed by atoms with van der Waals surface area (Å²) in [6.07, 6.45) is 2.84. The number of rotatable bonds is 0. The molecule has 0 aliphatic carbocycles. The van der Waals surface area contributed by atoms with Crippen LogP contribution in [0.15, 0.2) is 0 Å². The molecule has 0 radical (unpaired) electrons. The number of nitrogens with one attached hydrogen (secondary N) is 1. The van der Waals surface area contributed by atoms with E-state index >= 15 is 0 Å². The standard InChI is InChI=1S/C12H25NO/c1-9-7-11(3,4)13-12(5,6)8-10(2)14-9/h9-10,13H,7-8H2,1-6H3. The van der Waals surface area contributed by atoms with E-state index in [4.69, 9.17) is 4.74 Å². The van der Waals surface area contributed by atoms with Gasteiger partial charge in [0, 0.05) is 11.1 Å². The minimum Gasteiger partial charge on any atom is -0.375 e. The molecule has 0 aromatic heterocycles. The Morgan fingerprint density at radius 1 is 0.929 bits per heavy atom.